The van der Waals surface area contributed by atoms with Gasteiger partial charge in [0.05, 0.1) is 0 Å². The molecule has 1 N–H and O–H groups in total. The second-order valence-corrected chi connectivity index (χ2v) is 4.38. The van der Waals surface area contributed by atoms with Crippen molar-refractivity contribution in [1.82, 2.24) is 10.3 Å². The first-order valence-corrected chi connectivity index (χ1v) is 4.93. The summed E-state index contributed by atoms with van der Waals surface area (Å²) in [6.07, 6.45) is 0.862. The molecule has 1 heterocycles. The van der Waals surface area contributed by atoms with E-state index in [1.807, 2.05) is 20.8 Å². The normalized spacial score (nSPS) is 11.0. The molecule has 0 bridgehead atoms. The van der Waals surface area contributed by atoms with Crippen LogP contribution < -0.4 is 5.32 Å². The van der Waals surface area contributed by atoms with Crippen molar-refractivity contribution in [3.05, 3.63) is 29.8 Å². The van der Waals surface area contributed by atoms with Gasteiger partial charge in [-0.3, -0.25) is 4.98 Å². The van der Waals surface area contributed by atoms with Crippen LogP contribution in [0.1, 0.15) is 26.5 Å². The second kappa shape index (κ2) is 4.92. The summed E-state index contributed by atoms with van der Waals surface area (Å²) in [5.41, 5.74) is -0.258. The van der Waals surface area contributed by atoms with Crippen molar-refractivity contribution in [3.63, 3.8) is 0 Å². The van der Waals surface area contributed by atoms with E-state index in [4.69, 9.17) is 4.74 Å². The standard InChI is InChI=1S/C11H15FN2O2/c1-11(2,3)14-10(15)16-7-9-8(12)5-4-6-13-9/h4-6H,7H2,1-3H3,(H,14,15). The first-order valence-electron chi connectivity index (χ1n) is 4.93. The molecule has 0 fully saturated rings. The third kappa shape index (κ3) is 4.25. The fourth-order valence-electron chi connectivity index (χ4n) is 1.00. The highest BCUT2D eigenvalue weighted by Crippen LogP contribution is 2.05. The Labute approximate surface area is 93.8 Å². The minimum Gasteiger partial charge on any atom is -0.443 e. The lowest BCUT2D eigenvalue weighted by atomic mass is 10.1. The van der Waals surface area contributed by atoms with Gasteiger partial charge in [-0.2, -0.15) is 0 Å². The second-order valence-electron chi connectivity index (χ2n) is 4.38. The number of rotatable bonds is 2. The van der Waals surface area contributed by atoms with E-state index < -0.39 is 11.9 Å². The fraction of sp³-hybridized carbons (Fsp3) is 0.455. The van der Waals surface area contributed by atoms with Crippen molar-refractivity contribution in [2.24, 2.45) is 0 Å². The summed E-state index contributed by atoms with van der Waals surface area (Å²) in [6, 6.07) is 2.75. The van der Waals surface area contributed by atoms with E-state index in [0.717, 1.165) is 0 Å². The van der Waals surface area contributed by atoms with Crippen molar-refractivity contribution in [3.8, 4) is 0 Å². The Morgan fingerprint density at radius 1 is 1.56 bits per heavy atom. The summed E-state index contributed by atoms with van der Waals surface area (Å²) in [7, 11) is 0. The molecule has 5 heteroatoms. The first kappa shape index (κ1) is 12.4. The quantitative estimate of drug-likeness (QED) is 0.841. The van der Waals surface area contributed by atoms with Crippen LogP contribution in [0, 0.1) is 5.82 Å². The lowest BCUT2D eigenvalue weighted by Crippen LogP contribution is -2.40. The third-order valence-corrected chi connectivity index (χ3v) is 1.65. The Balaban J connectivity index is 2.47. The number of carbonyl (C=O) groups is 1. The van der Waals surface area contributed by atoms with E-state index in [2.05, 4.69) is 10.3 Å². The average Bonchev–Trinajstić information content (AvgIpc) is 2.14. The summed E-state index contributed by atoms with van der Waals surface area (Å²) in [4.78, 5) is 15.0. The molecule has 1 aromatic rings. The number of ether oxygens (including phenoxy) is 1. The van der Waals surface area contributed by atoms with Gasteiger partial charge in [0, 0.05) is 11.7 Å². The predicted molar refractivity (Wildman–Crippen MR) is 57.3 cm³/mol. The molecule has 1 aromatic heterocycles. The predicted octanol–water partition coefficient (Wildman–Crippen LogP) is 2.25. The van der Waals surface area contributed by atoms with E-state index in [1.165, 1.54) is 18.3 Å². The van der Waals surface area contributed by atoms with Crippen LogP contribution in [0.25, 0.3) is 0 Å². The molecule has 1 rings (SSSR count). The van der Waals surface area contributed by atoms with Gasteiger partial charge in [-0.15, -0.1) is 0 Å². The van der Waals surface area contributed by atoms with Gasteiger partial charge in [0.1, 0.15) is 18.1 Å². The molecule has 0 unspecified atom stereocenters. The van der Waals surface area contributed by atoms with E-state index in [-0.39, 0.29) is 17.8 Å². The van der Waals surface area contributed by atoms with Gasteiger partial charge in [-0.25, -0.2) is 9.18 Å². The minimum atomic E-state index is -0.586. The fourth-order valence-corrected chi connectivity index (χ4v) is 1.00. The number of pyridine rings is 1. The number of alkyl carbamates (subject to hydrolysis) is 1. The zero-order chi connectivity index (χ0) is 12.2. The maximum absolute atomic E-state index is 13.1. The maximum Gasteiger partial charge on any atom is 0.407 e. The zero-order valence-corrected chi connectivity index (χ0v) is 9.58. The van der Waals surface area contributed by atoms with Gasteiger partial charge in [-0.05, 0) is 32.9 Å². The molecular weight excluding hydrogens is 211 g/mol. The molecule has 0 spiro atoms. The Morgan fingerprint density at radius 2 is 2.25 bits per heavy atom. The Hall–Kier alpha value is -1.65. The molecule has 88 valence electrons. The third-order valence-electron chi connectivity index (χ3n) is 1.65. The van der Waals surface area contributed by atoms with Crippen LogP contribution in [-0.4, -0.2) is 16.6 Å². The average molecular weight is 226 g/mol. The van der Waals surface area contributed by atoms with Gasteiger partial charge < -0.3 is 10.1 Å². The molecular formula is C11H15FN2O2. The number of hydrogen-bond acceptors (Lipinski definition) is 3. The Kier molecular flexibility index (Phi) is 3.82. The van der Waals surface area contributed by atoms with Gasteiger partial charge in [-0.1, -0.05) is 0 Å². The first-order chi connectivity index (χ1) is 7.38. The molecule has 16 heavy (non-hydrogen) atoms. The maximum atomic E-state index is 13.1. The van der Waals surface area contributed by atoms with E-state index in [1.54, 1.807) is 0 Å². The largest absolute Gasteiger partial charge is 0.443 e. The SMILES string of the molecule is CC(C)(C)NC(=O)OCc1ncccc1F. The van der Waals surface area contributed by atoms with Gasteiger partial charge >= 0.3 is 6.09 Å². The van der Waals surface area contributed by atoms with Crippen LogP contribution in [-0.2, 0) is 11.3 Å². The van der Waals surface area contributed by atoms with Gasteiger partial charge in [0.2, 0.25) is 0 Å². The van der Waals surface area contributed by atoms with Crippen molar-refractivity contribution in [1.29, 1.82) is 0 Å². The highest BCUT2D eigenvalue weighted by molar-refractivity contribution is 5.68. The summed E-state index contributed by atoms with van der Waals surface area (Å²) in [6.45, 7) is 5.31. The topological polar surface area (TPSA) is 51.2 Å². The number of hydrogen-bond donors (Lipinski definition) is 1. The molecule has 0 saturated carbocycles. The van der Waals surface area contributed by atoms with Crippen molar-refractivity contribution in [2.45, 2.75) is 32.9 Å². The molecule has 0 saturated heterocycles. The number of nitrogens with zero attached hydrogens (tertiary/aromatic N) is 1. The smallest absolute Gasteiger partial charge is 0.407 e. The van der Waals surface area contributed by atoms with Crippen LogP contribution in [0.3, 0.4) is 0 Å². The Morgan fingerprint density at radius 3 is 2.81 bits per heavy atom. The summed E-state index contributed by atoms with van der Waals surface area (Å²) in [5, 5.41) is 2.60. The lowest BCUT2D eigenvalue weighted by molar-refractivity contribution is 0.128. The van der Waals surface area contributed by atoms with Crippen molar-refractivity contribution < 1.29 is 13.9 Å². The van der Waals surface area contributed by atoms with Crippen LogP contribution in [0.5, 0.6) is 0 Å². The Bertz CT molecular complexity index is 374. The number of nitrogens with one attached hydrogen (secondary N) is 1. The summed E-state index contributed by atoms with van der Waals surface area (Å²) < 4.78 is 17.9. The van der Waals surface area contributed by atoms with Crippen molar-refractivity contribution >= 4 is 6.09 Å². The molecule has 0 aliphatic carbocycles. The van der Waals surface area contributed by atoms with Gasteiger partial charge in [0.15, 0.2) is 0 Å². The number of aromatic nitrogens is 1. The number of amides is 1. The van der Waals surface area contributed by atoms with Gasteiger partial charge in [0.25, 0.3) is 0 Å². The molecule has 1 amide bonds. The molecule has 0 aliphatic heterocycles. The van der Waals surface area contributed by atoms with Crippen molar-refractivity contribution in [2.75, 3.05) is 0 Å². The summed E-state index contributed by atoms with van der Waals surface area (Å²) in [5.74, 6) is -0.481. The molecule has 0 atom stereocenters. The number of halogens is 1. The molecule has 0 aromatic carbocycles. The highest BCUT2D eigenvalue weighted by Gasteiger charge is 2.15. The van der Waals surface area contributed by atoms with Crippen LogP contribution >= 0.6 is 0 Å². The van der Waals surface area contributed by atoms with E-state index in [0.29, 0.717) is 0 Å². The van der Waals surface area contributed by atoms with E-state index >= 15 is 0 Å². The van der Waals surface area contributed by atoms with Crippen LogP contribution in [0.2, 0.25) is 0 Å². The monoisotopic (exact) mass is 226 g/mol. The number of carbonyl (C=O) groups excluding carboxylic acids is 1. The molecule has 0 aliphatic rings. The lowest BCUT2D eigenvalue weighted by Gasteiger charge is -2.19. The van der Waals surface area contributed by atoms with Crippen LogP contribution in [0.15, 0.2) is 18.3 Å². The highest BCUT2D eigenvalue weighted by atomic mass is 19.1. The van der Waals surface area contributed by atoms with Crippen LogP contribution in [0.4, 0.5) is 9.18 Å². The van der Waals surface area contributed by atoms with E-state index in [9.17, 15) is 9.18 Å². The molecule has 4 nitrogen and oxygen atoms in total. The molecule has 0 radical (unpaired) electrons. The minimum absolute atomic E-state index is 0.117. The summed E-state index contributed by atoms with van der Waals surface area (Å²) >= 11 is 0. The zero-order valence-electron chi connectivity index (χ0n) is 9.58.